The summed E-state index contributed by atoms with van der Waals surface area (Å²) < 4.78 is 27.9. The van der Waals surface area contributed by atoms with E-state index >= 15 is 0 Å². The number of hydrogen-bond donors (Lipinski definition) is 0. The van der Waals surface area contributed by atoms with Crippen LogP contribution in [0.25, 0.3) is 0 Å². The summed E-state index contributed by atoms with van der Waals surface area (Å²) in [6.45, 7) is 2.94. The van der Waals surface area contributed by atoms with Gasteiger partial charge in [0.15, 0.2) is 9.84 Å². The number of rotatable bonds is 8. The Bertz CT molecular complexity index is 272. The van der Waals surface area contributed by atoms with Crippen LogP contribution < -0.4 is 0 Å². The average Bonchev–Trinajstić information content (AvgIpc) is 2.57. The summed E-state index contributed by atoms with van der Waals surface area (Å²) >= 11 is 0. The molecular weight excluding hydrogens is 224 g/mol. The molecule has 96 valence electrons. The molecule has 0 N–H and O–H groups in total. The fourth-order valence-electron chi connectivity index (χ4n) is 2.02. The van der Waals surface area contributed by atoms with E-state index in [1.54, 1.807) is 0 Å². The van der Waals surface area contributed by atoms with Gasteiger partial charge in [0.1, 0.15) is 0 Å². The smallest absolute Gasteiger partial charge is 0.152 e. The van der Waals surface area contributed by atoms with E-state index in [-0.39, 0.29) is 11.9 Å². The minimum Gasteiger partial charge on any atom is -0.377 e. The van der Waals surface area contributed by atoms with Crippen molar-refractivity contribution in [2.24, 2.45) is 0 Å². The molecule has 1 rings (SSSR count). The highest BCUT2D eigenvalue weighted by atomic mass is 32.2. The first-order valence-corrected chi connectivity index (χ1v) is 8.28. The second kappa shape index (κ2) is 7.28. The van der Waals surface area contributed by atoms with E-state index in [1.165, 1.54) is 32.1 Å². The summed E-state index contributed by atoms with van der Waals surface area (Å²) in [5.41, 5.74) is 0. The number of sulfone groups is 1. The van der Waals surface area contributed by atoms with Crippen LogP contribution in [0.4, 0.5) is 0 Å². The maximum Gasteiger partial charge on any atom is 0.152 e. The zero-order chi connectivity index (χ0) is 11.9. The van der Waals surface area contributed by atoms with Crippen LogP contribution in [-0.4, -0.2) is 32.6 Å². The predicted octanol–water partition coefficient (Wildman–Crippen LogP) is 2.55. The molecule has 1 aliphatic rings. The van der Waals surface area contributed by atoms with Gasteiger partial charge in [0.05, 0.1) is 17.6 Å². The lowest BCUT2D eigenvalue weighted by atomic mass is 10.1. The average molecular weight is 248 g/mol. The van der Waals surface area contributed by atoms with Gasteiger partial charge in [0, 0.05) is 6.61 Å². The molecule has 0 spiro atoms. The second-order valence-electron chi connectivity index (χ2n) is 4.66. The maximum absolute atomic E-state index is 11.2. The predicted molar refractivity (Wildman–Crippen MR) is 66.4 cm³/mol. The quantitative estimate of drug-likeness (QED) is 0.620. The molecule has 0 bridgehead atoms. The molecule has 3 nitrogen and oxygen atoms in total. The van der Waals surface area contributed by atoms with Crippen LogP contribution in [0.5, 0.6) is 0 Å². The first-order valence-electron chi connectivity index (χ1n) is 6.46. The molecule has 0 aromatic carbocycles. The molecule has 0 radical (unpaired) electrons. The summed E-state index contributed by atoms with van der Waals surface area (Å²) in [5.74, 6) is 0.553. The number of ether oxygens (including phenoxy) is 1. The molecule has 0 amide bonds. The molecule has 1 atom stereocenters. The van der Waals surface area contributed by atoms with Crippen molar-refractivity contribution < 1.29 is 13.2 Å². The van der Waals surface area contributed by atoms with Crippen molar-refractivity contribution >= 4 is 9.84 Å². The molecule has 1 saturated heterocycles. The van der Waals surface area contributed by atoms with Crippen LogP contribution in [0, 0.1) is 0 Å². The lowest BCUT2D eigenvalue weighted by Crippen LogP contribution is -2.15. The Kier molecular flexibility index (Phi) is 6.36. The summed E-state index contributed by atoms with van der Waals surface area (Å²) in [6, 6.07) is 0. The Labute approximate surface area is 99.5 Å². The Morgan fingerprint density at radius 3 is 2.44 bits per heavy atom. The molecule has 1 aliphatic heterocycles. The van der Waals surface area contributed by atoms with Gasteiger partial charge < -0.3 is 4.74 Å². The zero-order valence-electron chi connectivity index (χ0n) is 10.3. The van der Waals surface area contributed by atoms with Crippen LogP contribution in [-0.2, 0) is 14.6 Å². The SMILES string of the molecule is CCCCCCCCOC1CCS(=O)(=O)C1. The molecule has 1 fully saturated rings. The van der Waals surface area contributed by atoms with Crippen molar-refractivity contribution in [1.82, 2.24) is 0 Å². The molecule has 16 heavy (non-hydrogen) atoms. The topological polar surface area (TPSA) is 43.4 Å². The highest BCUT2D eigenvalue weighted by molar-refractivity contribution is 7.91. The molecule has 1 unspecified atom stereocenters. The molecule has 1 heterocycles. The van der Waals surface area contributed by atoms with E-state index in [4.69, 9.17) is 4.74 Å². The normalized spacial score (nSPS) is 23.7. The minimum atomic E-state index is -2.78. The lowest BCUT2D eigenvalue weighted by Gasteiger charge is -2.09. The van der Waals surface area contributed by atoms with Crippen molar-refractivity contribution in [1.29, 1.82) is 0 Å². The molecular formula is C12H24O3S. The number of hydrogen-bond acceptors (Lipinski definition) is 3. The van der Waals surface area contributed by atoms with E-state index < -0.39 is 9.84 Å². The van der Waals surface area contributed by atoms with Crippen LogP contribution >= 0.6 is 0 Å². The first kappa shape index (κ1) is 14.0. The van der Waals surface area contributed by atoms with Gasteiger partial charge >= 0.3 is 0 Å². The van der Waals surface area contributed by atoms with Crippen molar-refractivity contribution in [3.63, 3.8) is 0 Å². The van der Waals surface area contributed by atoms with Crippen LogP contribution in [0.2, 0.25) is 0 Å². The Morgan fingerprint density at radius 1 is 1.12 bits per heavy atom. The lowest BCUT2D eigenvalue weighted by molar-refractivity contribution is 0.0680. The molecule has 0 aliphatic carbocycles. The molecule has 0 aromatic heterocycles. The van der Waals surface area contributed by atoms with Crippen LogP contribution in [0.15, 0.2) is 0 Å². The summed E-state index contributed by atoms with van der Waals surface area (Å²) in [5, 5.41) is 0. The van der Waals surface area contributed by atoms with Crippen molar-refractivity contribution in [3.8, 4) is 0 Å². The van der Waals surface area contributed by atoms with Gasteiger partial charge in [0.2, 0.25) is 0 Å². The first-order chi connectivity index (χ1) is 7.64. The van der Waals surface area contributed by atoms with Gasteiger partial charge in [-0.25, -0.2) is 8.42 Å². The standard InChI is InChI=1S/C12H24O3S/c1-2-3-4-5-6-7-9-15-12-8-10-16(13,14)11-12/h12H,2-11H2,1H3. The van der Waals surface area contributed by atoms with Gasteiger partial charge in [-0.15, -0.1) is 0 Å². The van der Waals surface area contributed by atoms with Crippen LogP contribution in [0.3, 0.4) is 0 Å². The van der Waals surface area contributed by atoms with Crippen molar-refractivity contribution in [3.05, 3.63) is 0 Å². The van der Waals surface area contributed by atoms with E-state index in [9.17, 15) is 8.42 Å². The fourth-order valence-corrected chi connectivity index (χ4v) is 3.64. The summed E-state index contributed by atoms with van der Waals surface area (Å²) in [7, 11) is -2.78. The van der Waals surface area contributed by atoms with Gasteiger partial charge in [-0.3, -0.25) is 0 Å². The van der Waals surface area contributed by atoms with Crippen molar-refractivity contribution in [2.45, 2.75) is 58.0 Å². The third-order valence-corrected chi connectivity index (χ3v) is 4.78. The monoisotopic (exact) mass is 248 g/mol. The fraction of sp³-hybridized carbons (Fsp3) is 1.00. The van der Waals surface area contributed by atoms with Gasteiger partial charge in [0.25, 0.3) is 0 Å². The van der Waals surface area contributed by atoms with E-state index in [2.05, 4.69) is 6.92 Å². The second-order valence-corrected chi connectivity index (χ2v) is 6.89. The van der Waals surface area contributed by atoms with Gasteiger partial charge in [-0.05, 0) is 12.8 Å². The summed E-state index contributed by atoms with van der Waals surface area (Å²) in [4.78, 5) is 0. The van der Waals surface area contributed by atoms with E-state index in [0.29, 0.717) is 12.2 Å². The zero-order valence-corrected chi connectivity index (χ0v) is 11.1. The van der Waals surface area contributed by atoms with Crippen LogP contribution in [0.1, 0.15) is 51.9 Å². The Morgan fingerprint density at radius 2 is 1.81 bits per heavy atom. The minimum absolute atomic E-state index is 0.0272. The summed E-state index contributed by atoms with van der Waals surface area (Å²) in [6.07, 6.45) is 8.13. The Balaban J connectivity index is 1.92. The third kappa shape index (κ3) is 5.85. The Hall–Kier alpha value is -0.0900. The maximum atomic E-state index is 11.2. The van der Waals surface area contributed by atoms with Gasteiger partial charge in [-0.1, -0.05) is 39.0 Å². The highest BCUT2D eigenvalue weighted by Gasteiger charge is 2.28. The van der Waals surface area contributed by atoms with Crippen molar-refractivity contribution in [2.75, 3.05) is 18.1 Å². The number of unbranched alkanes of at least 4 members (excludes halogenated alkanes) is 5. The third-order valence-electron chi connectivity index (χ3n) is 3.04. The molecule has 0 saturated carbocycles. The largest absolute Gasteiger partial charge is 0.377 e. The highest BCUT2D eigenvalue weighted by Crippen LogP contribution is 2.15. The van der Waals surface area contributed by atoms with E-state index in [1.807, 2.05) is 0 Å². The van der Waals surface area contributed by atoms with E-state index in [0.717, 1.165) is 13.0 Å². The molecule has 0 aromatic rings. The molecule has 4 heteroatoms. The van der Waals surface area contributed by atoms with Gasteiger partial charge in [-0.2, -0.15) is 0 Å².